The SMILES string of the molecule is Cc1cc2nc([C@H]3CCCN(Cc4cccc(F)c4F)C3)cc(N)n2n1. The summed E-state index contributed by atoms with van der Waals surface area (Å²) in [7, 11) is 0. The predicted molar refractivity (Wildman–Crippen MR) is 95.7 cm³/mol. The van der Waals surface area contributed by atoms with Crippen LogP contribution in [0.4, 0.5) is 14.6 Å². The van der Waals surface area contributed by atoms with Crippen LogP contribution < -0.4 is 5.73 Å². The Morgan fingerprint density at radius 2 is 2.12 bits per heavy atom. The smallest absolute Gasteiger partial charge is 0.163 e. The van der Waals surface area contributed by atoms with Crippen molar-refractivity contribution in [3.63, 3.8) is 0 Å². The summed E-state index contributed by atoms with van der Waals surface area (Å²) in [5.41, 5.74) is 9.06. The van der Waals surface area contributed by atoms with Crippen LogP contribution >= 0.6 is 0 Å². The zero-order chi connectivity index (χ0) is 18.3. The molecule has 4 rings (SSSR count). The molecule has 3 aromatic rings. The Labute approximate surface area is 150 Å². The maximum Gasteiger partial charge on any atom is 0.163 e. The molecule has 1 saturated heterocycles. The van der Waals surface area contributed by atoms with Crippen molar-refractivity contribution in [2.45, 2.75) is 32.2 Å². The first-order chi connectivity index (χ1) is 12.5. The van der Waals surface area contributed by atoms with Gasteiger partial charge in [0, 0.05) is 36.7 Å². The number of hydrogen-bond donors (Lipinski definition) is 1. The Morgan fingerprint density at radius 1 is 1.27 bits per heavy atom. The van der Waals surface area contributed by atoms with Gasteiger partial charge in [0.15, 0.2) is 17.3 Å². The molecule has 0 aliphatic carbocycles. The molecule has 2 N–H and O–H groups in total. The first-order valence-corrected chi connectivity index (χ1v) is 8.79. The number of nitrogen functional groups attached to an aromatic ring is 1. The van der Waals surface area contributed by atoms with E-state index in [-0.39, 0.29) is 5.92 Å². The van der Waals surface area contributed by atoms with Gasteiger partial charge in [0.05, 0.1) is 11.4 Å². The van der Waals surface area contributed by atoms with Gasteiger partial charge in [0.25, 0.3) is 0 Å². The number of hydrogen-bond acceptors (Lipinski definition) is 4. The summed E-state index contributed by atoms with van der Waals surface area (Å²) in [6.07, 6.45) is 1.98. The van der Waals surface area contributed by atoms with E-state index in [0.717, 1.165) is 49.0 Å². The number of halogens is 2. The summed E-state index contributed by atoms with van der Waals surface area (Å²) in [5, 5.41) is 4.33. The van der Waals surface area contributed by atoms with E-state index in [9.17, 15) is 8.78 Å². The second-order valence-corrected chi connectivity index (χ2v) is 6.95. The Hall–Kier alpha value is -2.54. The van der Waals surface area contributed by atoms with Crippen LogP contribution in [0.1, 0.15) is 35.7 Å². The quantitative estimate of drug-likeness (QED) is 0.782. The second kappa shape index (κ2) is 6.64. The van der Waals surface area contributed by atoms with Crippen LogP contribution in [0.3, 0.4) is 0 Å². The van der Waals surface area contributed by atoms with Gasteiger partial charge in [0.1, 0.15) is 5.82 Å². The zero-order valence-corrected chi connectivity index (χ0v) is 14.6. The minimum Gasteiger partial charge on any atom is -0.384 e. The van der Waals surface area contributed by atoms with Crippen molar-refractivity contribution >= 4 is 11.5 Å². The maximum atomic E-state index is 14.0. The second-order valence-electron chi connectivity index (χ2n) is 6.95. The van der Waals surface area contributed by atoms with Crippen LogP contribution in [-0.4, -0.2) is 32.6 Å². The number of piperidine rings is 1. The molecule has 1 aromatic carbocycles. The molecule has 0 amide bonds. The van der Waals surface area contributed by atoms with E-state index in [4.69, 9.17) is 10.7 Å². The van der Waals surface area contributed by atoms with Crippen LogP contribution in [0.25, 0.3) is 5.65 Å². The molecule has 0 unspecified atom stereocenters. The molecule has 0 spiro atoms. The number of aryl methyl sites for hydroxylation is 1. The van der Waals surface area contributed by atoms with Gasteiger partial charge in [-0.2, -0.15) is 9.61 Å². The molecule has 26 heavy (non-hydrogen) atoms. The topological polar surface area (TPSA) is 59.5 Å². The van der Waals surface area contributed by atoms with Crippen molar-refractivity contribution < 1.29 is 8.78 Å². The molecule has 7 heteroatoms. The molecular weight excluding hydrogens is 336 g/mol. The van der Waals surface area contributed by atoms with Gasteiger partial charge in [-0.1, -0.05) is 12.1 Å². The average molecular weight is 357 g/mol. The number of aromatic nitrogens is 3. The molecule has 0 bridgehead atoms. The highest BCUT2D eigenvalue weighted by Gasteiger charge is 2.24. The van der Waals surface area contributed by atoms with E-state index < -0.39 is 11.6 Å². The Kier molecular flexibility index (Phi) is 4.32. The van der Waals surface area contributed by atoms with Crippen molar-refractivity contribution in [2.75, 3.05) is 18.8 Å². The molecule has 1 fully saturated rings. The third-order valence-electron chi connectivity index (χ3n) is 4.95. The van der Waals surface area contributed by atoms with Gasteiger partial charge in [-0.05, 0) is 32.4 Å². The lowest BCUT2D eigenvalue weighted by atomic mass is 9.94. The molecule has 1 atom stereocenters. The summed E-state index contributed by atoms with van der Waals surface area (Å²) in [6.45, 7) is 3.90. The third-order valence-corrected chi connectivity index (χ3v) is 4.95. The van der Waals surface area contributed by atoms with Gasteiger partial charge in [-0.15, -0.1) is 0 Å². The molecule has 0 radical (unpaired) electrons. The monoisotopic (exact) mass is 357 g/mol. The minimum absolute atomic E-state index is 0.211. The predicted octanol–water partition coefficient (Wildman–Crippen LogP) is 3.28. The number of anilines is 1. The number of nitrogens with two attached hydrogens (primary N) is 1. The fourth-order valence-corrected chi connectivity index (χ4v) is 3.69. The van der Waals surface area contributed by atoms with Crippen LogP contribution in [0.15, 0.2) is 30.3 Å². The standard InChI is InChI=1S/C19H21F2N5/c1-12-8-18-23-16(9-17(22)26(18)24-12)13-5-3-7-25(10-13)11-14-4-2-6-15(20)19(14)21/h2,4,6,8-9,13H,3,5,7,10-11,22H2,1H3/t13-/m0/s1. The van der Waals surface area contributed by atoms with Crippen LogP contribution in [0.2, 0.25) is 0 Å². The molecule has 136 valence electrons. The molecule has 3 heterocycles. The van der Waals surface area contributed by atoms with Crippen molar-refractivity contribution in [2.24, 2.45) is 0 Å². The van der Waals surface area contributed by atoms with E-state index in [1.807, 2.05) is 19.1 Å². The lowest BCUT2D eigenvalue weighted by Crippen LogP contribution is -2.34. The average Bonchev–Trinajstić information content (AvgIpc) is 3.00. The first kappa shape index (κ1) is 16.9. The Bertz CT molecular complexity index is 952. The van der Waals surface area contributed by atoms with Gasteiger partial charge in [-0.25, -0.2) is 13.8 Å². The minimum atomic E-state index is -0.799. The van der Waals surface area contributed by atoms with Gasteiger partial charge in [0.2, 0.25) is 0 Å². The van der Waals surface area contributed by atoms with E-state index >= 15 is 0 Å². The highest BCUT2D eigenvalue weighted by atomic mass is 19.2. The maximum absolute atomic E-state index is 14.0. The first-order valence-electron chi connectivity index (χ1n) is 8.79. The summed E-state index contributed by atoms with van der Waals surface area (Å²) in [4.78, 5) is 6.86. The molecular formula is C19H21F2N5. The van der Waals surface area contributed by atoms with Crippen LogP contribution in [0, 0.1) is 18.6 Å². The number of fused-ring (bicyclic) bond motifs is 1. The highest BCUT2D eigenvalue weighted by molar-refractivity contribution is 5.48. The van der Waals surface area contributed by atoms with E-state index in [1.54, 1.807) is 16.6 Å². The van der Waals surface area contributed by atoms with Crippen molar-refractivity contribution in [3.05, 3.63) is 58.9 Å². The molecule has 0 saturated carbocycles. The number of benzene rings is 1. The van der Waals surface area contributed by atoms with Gasteiger partial charge in [-0.3, -0.25) is 4.90 Å². The molecule has 5 nitrogen and oxygen atoms in total. The lowest BCUT2D eigenvalue weighted by Gasteiger charge is -2.32. The molecule has 2 aromatic heterocycles. The molecule has 1 aliphatic heterocycles. The summed E-state index contributed by atoms with van der Waals surface area (Å²) < 4.78 is 29.1. The number of rotatable bonds is 3. The summed E-state index contributed by atoms with van der Waals surface area (Å²) in [6, 6.07) is 8.11. The Balaban J connectivity index is 1.56. The van der Waals surface area contributed by atoms with E-state index in [0.29, 0.717) is 17.9 Å². The summed E-state index contributed by atoms with van der Waals surface area (Å²) >= 11 is 0. The van der Waals surface area contributed by atoms with E-state index in [1.165, 1.54) is 0 Å². The number of nitrogens with zero attached hydrogens (tertiary/aromatic N) is 4. The normalized spacial score (nSPS) is 18.5. The van der Waals surface area contributed by atoms with Crippen molar-refractivity contribution in [3.8, 4) is 0 Å². The van der Waals surface area contributed by atoms with Gasteiger partial charge < -0.3 is 5.73 Å². The van der Waals surface area contributed by atoms with Crippen molar-refractivity contribution in [1.82, 2.24) is 19.5 Å². The Morgan fingerprint density at radius 3 is 2.96 bits per heavy atom. The fraction of sp³-hybridized carbons (Fsp3) is 0.368. The fourth-order valence-electron chi connectivity index (χ4n) is 3.69. The van der Waals surface area contributed by atoms with Crippen LogP contribution in [-0.2, 0) is 6.54 Å². The van der Waals surface area contributed by atoms with Gasteiger partial charge >= 0.3 is 0 Å². The van der Waals surface area contributed by atoms with Crippen LogP contribution in [0.5, 0.6) is 0 Å². The van der Waals surface area contributed by atoms with Crippen molar-refractivity contribution in [1.29, 1.82) is 0 Å². The third kappa shape index (κ3) is 3.14. The largest absolute Gasteiger partial charge is 0.384 e. The number of likely N-dealkylation sites (tertiary alicyclic amines) is 1. The highest BCUT2D eigenvalue weighted by Crippen LogP contribution is 2.28. The lowest BCUT2D eigenvalue weighted by molar-refractivity contribution is 0.196. The molecule has 1 aliphatic rings. The summed E-state index contributed by atoms with van der Waals surface area (Å²) in [5.74, 6) is -0.783. The van der Waals surface area contributed by atoms with E-state index in [2.05, 4.69) is 10.00 Å². The zero-order valence-electron chi connectivity index (χ0n) is 14.6.